The highest BCUT2D eigenvalue weighted by Crippen LogP contribution is 2.30. The normalized spacial score (nSPS) is 27.7. The Morgan fingerprint density at radius 1 is 1.50 bits per heavy atom. The number of likely N-dealkylation sites (tertiary alicyclic amines) is 2. The van der Waals surface area contributed by atoms with Crippen LogP contribution in [0.2, 0.25) is 0 Å². The Hall–Kier alpha value is -1.70. The van der Waals surface area contributed by atoms with Gasteiger partial charge in [0.2, 0.25) is 11.9 Å². The zero-order valence-electron chi connectivity index (χ0n) is 10.4. The maximum atomic E-state index is 12.1. The molecule has 2 N–H and O–H groups in total. The molecule has 18 heavy (non-hydrogen) atoms. The lowest BCUT2D eigenvalue weighted by Crippen LogP contribution is -2.36. The molecule has 2 aliphatic rings. The molecule has 3 heterocycles. The van der Waals surface area contributed by atoms with E-state index in [1.165, 1.54) is 11.1 Å². The van der Waals surface area contributed by atoms with Crippen LogP contribution in [0.1, 0.15) is 6.42 Å². The molecule has 8 heteroatoms. The number of carbonyl (C=O) groups excluding carboxylic acids is 1. The third-order valence-corrected chi connectivity index (χ3v) is 4.02. The van der Waals surface area contributed by atoms with Gasteiger partial charge in [-0.2, -0.15) is 0 Å². The van der Waals surface area contributed by atoms with Crippen LogP contribution in [0.4, 0.5) is 5.95 Å². The predicted octanol–water partition coefficient (Wildman–Crippen LogP) is -1.58. The lowest BCUT2D eigenvalue weighted by molar-refractivity contribution is -0.131. The second kappa shape index (κ2) is 4.20. The minimum absolute atomic E-state index is 0.0387. The first kappa shape index (κ1) is 11.4. The summed E-state index contributed by atoms with van der Waals surface area (Å²) in [6, 6.07) is 0.514. The predicted molar refractivity (Wildman–Crippen MR) is 63.3 cm³/mol. The van der Waals surface area contributed by atoms with Gasteiger partial charge in [0.05, 0.1) is 0 Å². The molecular formula is C10H17N7O. The second-order valence-electron chi connectivity index (χ2n) is 5.09. The van der Waals surface area contributed by atoms with E-state index in [0.29, 0.717) is 12.0 Å². The van der Waals surface area contributed by atoms with Gasteiger partial charge in [0.1, 0.15) is 6.54 Å². The van der Waals surface area contributed by atoms with E-state index < -0.39 is 0 Å². The van der Waals surface area contributed by atoms with E-state index in [-0.39, 0.29) is 18.4 Å². The molecule has 1 aromatic rings. The van der Waals surface area contributed by atoms with Gasteiger partial charge >= 0.3 is 0 Å². The molecule has 0 aliphatic carbocycles. The van der Waals surface area contributed by atoms with Crippen molar-refractivity contribution >= 4 is 11.9 Å². The number of anilines is 1. The Balaban J connectivity index is 1.63. The first-order chi connectivity index (χ1) is 8.65. The first-order valence-electron chi connectivity index (χ1n) is 6.15. The van der Waals surface area contributed by atoms with Gasteiger partial charge in [-0.1, -0.05) is 5.10 Å². The number of aromatic nitrogens is 4. The molecule has 2 fully saturated rings. The maximum absolute atomic E-state index is 12.1. The molecule has 2 aliphatic heterocycles. The molecule has 0 spiro atoms. The lowest BCUT2D eigenvalue weighted by atomic mass is 10.1. The van der Waals surface area contributed by atoms with Crippen molar-refractivity contribution in [1.29, 1.82) is 0 Å². The van der Waals surface area contributed by atoms with Crippen LogP contribution in [0.3, 0.4) is 0 Å². The summed E-state index contributed by atoms with van der Waals surface area (Å²) in [7, 11) is 2.12. The monoisotopic (exact) mass is 251 g/mol. The maximum Gasteiger partial charge on any atom is 0.244 e. The number of likely N-dealkylation sites (N-methyl/N-ethyl adjacent to an activating group) is 1. The minimum Gasteiger partial charge on any atom is -0.367 e. The van der Waals surface area contributed by atoms with Gasteiger partial charge in [-0.25, -0.2) is 4.68 Å². The summed E-state index contributed by atoms with van der Waals surface area (Å²) < 4.78 is 1.33. The van der Waals surface area contributed by atoms with E-state index in [9.17, 15) is 4.79 Å². The topological polar surface area (TPSA) is 93.2 Å². The van der Waals surface area contributed by atoms with Crippen molar-refractivity contribution in [2.24, 2.45) is 5.92 Å². The SMILES string of the molecule is CN1CC[C@H]2CN(C(=O)Cn3nnnc3N)C[C@H]21. The molecule has 2 atom stereocenters. The van der Waals surface area contributed by atoms with Crippen molar-refractivity contribution < 1.29 is 4.79 Å². The fourth-order valence-corrected chi connectivity index (χ4v) is 2.93. The largest absolute Gasteiger partial charge is 0.367 e. The number of carbonyl (C=O) groups is 1. The number of amides is 1. The Kier molecular flexibility index (Phi) is 2.66. The van der Waals surface area contributed by atoms with E-state index in [1.54, 1.807) is 0 Å². The Bertz CT molecular complexity index is 459. The van der Waals surface area contributed by atoms with Crippen LogP contribution in [0.5, 0.6) is 0 Å². The third-order valence-electron chi connectivity index (χ3n) is 4.02. The summed E-state index contributed by atoms with van der Waals surface area (Å²) in [5, 5.41) is 10.7. The molecule has 1 amide bonds. The molecule has 0 unspecified atom stereocenters. The van der Waals surface area contributed by atoms with Gasteiger partial charge in [-0.05, 0) is 36.4 Å². The second-order valence-corrected chi connectivity index (χ2v) is 5.09. The molecule has 3 rings (SSSR count). The van der Waals surface area contributed by atoms with Gasteiger partial charge in [0, 0.05) is 19.1 Å². The van der Waals surface area contributed by atoms with Crippen molar-refractivity contribution in [3.05, 3.63) is 0 Å². The number of hydrogen-bond acceptors (Lipinski definition) is 6. The summed E-state index contributed by atoms with van der Waals surface area (Å²) in [6.07, 6.45) is 1.18. The van der Waals surface area contributed by atoms with E-state index in [1.807, 2.05) is 4.90 Å². The smallest absolute Gasteiger partial charge is 0.244 e. The van der Waals surface area contributed by atoms with Crippen molar-refractivity contribution in [1.82, 2.24) is 30.0 Å². The van der Waals surface area contributed by atoms with Crippen molar-refractivity contribution in [3.63, 3.8) is 0 Å². The Labute approximate surface area is 105 Å². The first-order valence-corrected chi connectivity index (χ1v) is 6.15. The van der Waals surface area contributed by atoms with Crippen LogP contribution < -0.4 is 5.73 Å². The molecule has 0 bridgehead atoms. The van der Waals surface area contributed by atoms with Gasteiger partial charge < -0.3 is 15.5 Å². The van der Waals surface area contributed by atoms with Gasteiger partial charge in [-0.15, -0.1) is 0 Å². The number of hydrogen-bond donors (Lipinski definition) is 1. The lowest BCUT2D eigenvalue weighted by Gasteiger charge is -2.20. The molecular weight excluding hydrogens is 234 g/mol. The zero-order valence-corrected chi connectivity index (χ0v) is 10.4. The van der Waals surface area contributed by atoms with Crippen molar-refractivity contribution in [2.45, 2.75) is 19.0 Å². The van der Waals surface area contributed by atoms with Crippen LogP contribution >= 0.6 is 0 Å². The van der Waals surface area contributed by atoms with Gasteiger partial charge in [-0.3, -0.25) is 4.79 Å². The van der Waals surface area contributed by atoms with Gasteiger partial charge in [0.25, 0.3) is 0 Å². The fourth-order valence-electron chi connectivity index (χ4n) is 2.93. The number of tetrazole rings is 1. The number of nitrogen functional groups attached to an aromatic ring is 1. The number of rotatable bonds is 2. The van der Waals surface area contributed by atoms with Crippen LogP contribution in [0.15, 0.2) is 0 Å². The minimum atomic E-state index is 0.0387. The average Bonchev–Trinajstić information content (AvgIpc) is 2.99. The summed E-state index contributed by atoms with van der Waals surface area (Å²) in [5.74, 6) is 0.835. The summed E-state index contributed by atoms with van der Waals surface area (Å²) in [6.45, 7) is 2.91. The average molecular weight is 251 g/mol. The number of nitrogens with zero attached hydrogens (tertiary/aromatic N) is 6. The summed E-state index contributed by atoms with van der Waals surface area (Å²) in [5.41, 5.74) is 5.55. The molecule has 1 aromatic heterocycles. The zero-order chi connectivity index (χ0) is 12.7. The van der Waals surface area contributed by atoms with Crippen LogP contribution in [0, 0.1) is 5.92 Å². The Morgan fingerprint density at radius 2 is 2.33 bits per heavy atom. The highest BCUT2D eigenvalue weighted by Gasteiger charge is 2.41. The standard InChI is InChI=1S/C10H17N7O/c1-15-3-2-7-4-16(5-8(7)15)9(18)6-17-10(11)12-13-14-17/h7-8H,2-6H2,1H3,(H2,11,12,14)/t7-,8+/m0/s1. The number of fused-ring (bicyclic) bond motifs is 1. The number of nitrogens with two attached hydrogens (primary N) is 1. The van der Waals surface area contributed by atoms with E-state index in [4.69, 9.17) is 5.73 Å². The Morgan fingerprint density at radius 3 is 3.00 bits per heavy atom. The third kappa shape index (κ3) is 1.82. The van der Waals surface area contributed by atoms with Crippen molar-refractivity contribution in [3.8, 4) is 0 Å². The van der Waals surface area contributed by atoms with E-state index >= 15 is 0 Å². The van der Waals surface area contributed by atoms with Crippen LogP contribution in [0.25, 0.3) is 0 Å². The van der Waals surface area contributed by atoms with E-state index in [0.717, 1.165) is 19.6 Å². The highest BCUT2D eigenvalue weighted by atomic mass is 16.2. The molecule has 8 nitrogen and oxygen atoms in total. The summed E-state index contributed by atoms with van der Waals surface area (Å²) >= 11 is 0. The van der Waals surface area contributed by atoms with E-state index in [2.05, 4.69) is 27.5 Å². The molecule has 98 valence electrons. The molecule has 0 aromatic carbocycles. The summed E-state index contributed by atoms with van der Waals surface area (Å²) in [4.78, 5) is 16.4. The molecule has 0 radical (unpaired) electrons. The molecule has 0 saturated carbocycles. The quantitative estimate of drug-likeness (QED) is 0.681. The molecule has 2 saturated heterocycles. The van der Waals surface area contributed by atoms with Gasteiger partial charge in [0.15, 0.2) is 0 Å². The van der Waals surface area contributed by atoms with Crippen molar-refractivity contribution in [2.75, 3.05) is 32.4 Å². The highest BCUT2D eigenvalue weighted by molar-refractivity contribution is 5.76. The van der Waals surface area contributed by atoms with Crippen LogP contribution in [-0.2, 0) is 11.3 Å². The van der Waals surface area contributed by atoms with Crippen LogP contribution in [-0.4, -0.2) is 68.6 Å². The fraction of sp³-hybridized carbons (Fsp3) is 0.800.